The average molecular weight is 211 g/mol. The largest absolute Gasteiger partial charge is 0.0836 e. The topological polar surface area (TPSA) is 0 Å². The van der Waals surface area contributed by atoms with Gasteiger partial charge in [0.25, 0.3) is 0 Å². The molecule has 0 fully saturated rings. The molecule has 2 rings (SSSR count). The van der Waals surface area contributed by atoms with Crippen molar-refractivity contribution in [2.45, 2.75) is 6.92 Å². The van der Waals surface area contributed by atoms with E-state index >= 15 is 0 Å². The van der Waals surface area contributed by atoms with Crippen molar-refractivity contribution in [1.29, 1.82) is 0 Å². The van der Waals surface area contributed by atoms with Crippen LogP contribution in [0.25, 0.3) is 11.1 Å². The van der Waals surface area contributed by atoms with Crippen molar-refractivity contribution >= 4 is 23.2 Å². The molecular formula is C11H8Cl2. The quantitative estimate of drug-likeness (QED) is 0.605. The molecular weight excluding hydrogens is 203 g/mol. The van der Waals surface area contributed by atoms with Gasteiger partial charge in [-0.15, -0.1) is 0 Å². The van der Waals surface area contributed by atoms with Crippen molar-refractivity contribution in [2.75, 3.05) is 0 Å². The lowest BCUT2D eigenvalue weighted by molar-refractivity contribution is 1.52. The molecule has 0 aromatic heterocycles. The van der Waals surface area contributed by atoms with Crippen molar-refractivity contribution in [2.24, 2.45) is 0 Å². The van der Waals surface area contributed by atoms with E-state index in [1.54, 1.807) is 6.07 Å². The molecule has 0 nitrogen and oxygen atoms in total. The summed E-state index contributed by atoms with van der Waals surface area (Å²) in [6.45, 7) is 2.04. The minimum absolute atomic E-state index is 0.718. The minimum Gasteiger partial charge on any atom is -0.0836 e. The van der Waals surface area contributed by atoms with E-state index in [2.05, 4.69) is 0 Å². The molecule has 0 bridgehead atoms. The van der Waals surface area contributed by atoms with Crippen LogP contribution >= 0.6 is 23.2 Å². The van der Waals surface area contributed by atoms with Gasteiger partial charge in [-0.3, -0.25) is 0 Å². The third-order valence-electron chi connectivity index (χ3n) is 2.08. The van der Waals surface area contributed by atoms with E-state index in [0.29, 0.717) is 0 Å². The van der Waals surface area contributed by atoms with Crippen LogP contribution in [0.15, 0.2) is 30.3 Å². The molecule has 0 aromatic rings. The summed E-state index contributed by atoms with van der Waals surface area (Å²) in [6.07, 6.45) is 0. The van der Waals surface area contributed by atoms with Gasteiger partial charge in [0.05, 0.1) is 0 Å². The molecule has 0 aromatic carbocycles. The minimum atomic E-state index is 0.718. The molecule has 0 amide bonds. The van der Waals surface area contributed by atoms with E-state index in [4.69, 9.17) is 23.2 Å². The number of aryl methyl sites for hydroxylation is 1. The fourth-order valence-electron chi connectivity index (χ4n) is 1.35. The maximum absolute atomic E-state index is 6.00. The lowest BCUT2D eigenvalue weighted by Gasteiger charge is -1.91. The van der Waals surface area contributed by atoms with Crippen LogP contribution in [-0.4, -0.2) is 0 Å². The molecule has 13 heavy (non-hydrogen) atoms. The van der Waals surface area contributed by atoms with Crippen LogP contribution in [0.5, 0.6) is 0 Å². The Morgan fingerprint density at radius 3 is 1.77 bits per heavy atom. The van der Waals surface area contributed by atoms with Crippen LogP contribution in [0.4, 0.5) is 0 Å². The first-order valence-electron chi connectivity index (χ1n) is 4.03. The summed E-state index contributed by atoms with van der Waals surface area (Å²) in [4.78, 5) is 0. The summed E-state index contributed by atoms with van der Waals surface area (Å²) in [5.41, 5.74) is 3.22. The monoisotopic (exact) mass is 210 g/mol. The fraction of sp³-hybridized carbons (Fsp3) is 0.0909. The van der Waals surface area contributed by atoms with Gasteiger partial charge in [0.15, 0.2) is 0 Å². The third kappa shape index (κ3) is 1.52. The summed E-state index contributed by atoms with van der Waals surface area (Å²) in [7, 11) is 0. The second kappa shape index (κ2) is 3.21. The van der Waals surface area contributed by atoms with Crippen LogP contribution < -0.4 is 0 Å². The predicted octanol–water partition coefficient (Wildman–Crippen LogP) is 4.41. The van der Waals surface area contributed by atoms with Crippen LogP contribution in [0.3, 0.4) is 0 Å². The maximum atomic E-state index is 6.00. The smallest absolute Gasteiger partial charge is 0.0499 e. The molecule has 0 heterocycles. The van der Waals surface area contributed by atoms with Crippen molar-refractivity contribution in [3.63, 3.8) is 0 Å². The summed E-state index contributed by atoms with van der Waals surface area (Å²) < 4.78 is 0. The molecule has 2 heteroatoms. The zero-order chi connectivity index (χ0) is 9.42. The highest BCUT2D eigenvalue weighted by Gasteiger charge is 2.10. The molecule has 0 unspecified atom stereocenters. The summed E-state index contributed by atoms with van der Waals surface area (Å²) >= 11 is 12.0. The molecule has 2 aliphatic rings. The molecule has 2 aliphatic carbocycles. The summed E-state index contributed by atoms with van der Waals surface area (Å²) in [6, 6.07) is 9.84. The van der Waals surface area contributed by atoms with E-state index in [0.717, 1.165) is 21.2 Å². The number of halogens is 2. The van der Waals surface area contributed by atoms with E-state index in [1.165, 1.54) is 5.56 Å². The molecule has 0 aliphatic heterocycles. The van der Waals surface area contributed by atoms with Crippen molar-refractivity contribution in [3.8, 4) is 11.1 Å². The van der Waals surface area contributed by atoms with Crippen molar-refractivity contribution in [1.82, 2.24) is 0 Å². The highest BCUT2D eigenvalue weighted by molar-refractivity contribution is 6.40. The van der Waals surface area contributed by atoms with Gasteiger partial charge in [0.1, 0.15) is 0 Å². The normalized spacial score (nSPS) is 10.7. The van der Waals surface area contributed by atoms with Gasteiger partial charge in [0.2, 0.25) is 0 Å². The number of hydrogen-bond acceptors (Lipinski definition) is 0. The lowest BCUT2D eigenvalue weighted by atomic mass is 10.2. The number of rotatable bonds is 0. The molecule has 0 saturated carbocycles. The van der Waals surface area contributed by atoms with E-state index in [9.17, 15) is 0 Å². The Morgan fingerprint density at radius 1 is 0.846 bits per heavy atom. The van der Waals surface area contributed by atoms with Gasteiger partial charge in [-0.1, -0.05) is 53.0 Å². The van der Waals surface area contributed by atoms with Crippen molar-refractivity contribution < 1.29 is 0 Å². The predicted molar refractivity (Wildman–Crippen MR) is 57.8 cm³/mol. The van der Waals surface area contributed by atoms with E-state index < -0.39 is 0 Å². The second-order valence-corrected chi connectivity index (χ2v) is 3.89. The van der Waals surface area contributed by atoms with Gasteiger partial charge in [-0.25, -0.2) is 0 Å². The molecule has 0 atom stereocenters. The molecule has 0 radical (unpaired) electrons. The van der Waals surface area contributed by atoms with Gasteiger partial charge in [-0.2, -0.15) is 0 Å². The zero-order valence-electron chi connectivity index (χ0n) is 7.14. The summed E-state index contributed by atoms with van der Waals surface area (Å²) in [5, 5.41) is 1.44. The van der Waals surface area contributed by atoms with Crippen LogP contribution in [-0.2, 0) is 0 Å². The average Bonchev–Trinajstić information content (AvgIpc) is 2.27. The third-order valence-corrected chi connectivity index (χ3v) is 2.71. The summed E-state index contributed by atoms with van der Waals surface area (Å²) in [5.74, 6) is 0. The first-order valence-corrected chi connectivity index (χ1v) is 4.78. The standard InChI is InChI=1S/C11H8Cl2/c1-7-2-4-8-9(5-3-7)11(13)6-10(8)12/h2-6H,1H3. The molecule has 0 N–H and O–H groups in total. The molecule has 0 saturated heterocycles. The second-order valence-electron chi connectivity index (χ2n) is 3.08. The Morgan fingerprint density at radius 2 is 1.31 bits per heavy atom. The van der Waals surface area contributed by atoms with E-state index in [1.807, 2.05) is 31.2 Å². The number of hydrogen-bond donors (Lipinski definition) is 0. The van der Waals surface area contributed by atoms with Gasteiger partial charge < -0.3 is 0 Å². The van der Waals surface area contributed by atoms with Crippen LogP contribution in [0.2, 0.25) is 10.0 Å². The Bertz CT molecular complexity index is 384. The maximum Gasteiger partial charge on any atom is 0.0499 e. The molecule has 66 valence electrons. The molecule has 0 spiro atoms. The van der Waals surface area contributed by atoms with Gasteiger partial charge in [0, 0.05) is 21.2 Å². The Balaban J connectivity index is 2.78. The van der Waals surface area contributed by atoms with Crippen LogP contribution in [0, 0.1) is 6.92 Å². The Labute approximate surface area is 87.4 Å². The number of fused-ring (bicyclic) bond motifs is 1. The first-order chi connectivity index (χ1) is 6.18. The SMILES string of the molecule is Cc1ccc2c(Cl)cc(Cl)c-2cc1. The first kappa shape index (κ1) is 8.86. The highest BCUT2D eigenvalue weighted by Crippen LogP contribution is 2.38. The Hall–Kier alpha value is -0.720. The van der Waals surface area contributed by atoms with Crippen LogP contribution in [0.1, 0.15) is 5.56 Å². The lowest BCUT2D eigenvalue weighted by Crippen LogP contribution is -1.65. The zero-order valence-corrected chi connectivity index (χ0v) is 8.65. The van der Waals surface area contributed by atoms with Gasteiger partial charge >= 0.3 is 0 Å². The Kier molecular flexibility index (Phi) is 2.19. The van der Waals surface area contributed by atoms with Crippen molar-refractivity contribution in [3.05, 3.63) is 45.9 Å². The van der Waals surface area contributed by atoms with E-state index in [-0.39, 0.29) is 0 Å². The highest BCUT2D eigenvalue weighted by atomic mass is 35.5. The van der Waals surface area contributed by atoms with Gasteiger partial charge in [-0.05, 0) is 13.0 Å². The fourth-order valence-corrected chi connectivity index (χ4v) is 1.95.